The maximum absolute atomic E-state index is 5.14. The standard InChI is InChI=1S/C12H13NS/c1-8-11-6-4-10(14)5-7-12(11)9(2)13(8)3/h4-7H,1-3H3. The molecule has 0 bridgehead atoms. The molecule has 2 aromatic rings. The molecule has 0 radical (unpaired) electrons. The molecule has 0 fully saturated rings. The van der Waals surface area contributed by atoms with E-state index in [1.807, 2.05) is 12.1 Å². The molecule has 1 nitrogen and oxygen atoms in total. The first-order valence-electron chi connectivity index (χ1n) is 4.67. The summed E-state index contributed by atoms with van der Waals surface area (Å²) in [4.78, 5) is 0. The van der Waals surface area contributed by atoms with E-state index in [1.54, 1.807) is 0 Å². The Labute approximate surface area is 89.0 Å². The largest absolute Gasteiger partial charge is 0.351 e. The van der Waals surface area contributed by atoms with Gasteiger partial charge in [0.25, 0.3) is 0 Å². The Balaban J connectivity index is 3.03. The van der Waals surface area contributed by atoms with Crippen LogP contribution in [0.25, 0.3) is 10.8 Å². The number of hydrogen-bond donors (Lipinski definition) is 0. The zero-order valence-electron chi connectivity index (χ0n) is 8.66. The third kappa shape index (κ3) is 1.26. The highest BCUT2D eigenvalue weighted by molar-refractivity contribution is 7.71. The summed E-state index contributed by atoms with van der Waals surface area (Å²) in [6.07, 6.45) is 0. The van der Waals surface area contributed by atoms with Gasteiger partial charge >= 0.3 is 0 Å². The van der Waals surface area contributed by atoms with Crippen molar-refractivity contribution in [2.24, 2.45) is 7.05 Å². The Bertz CT molecular complexity index is 506. The average Bonchev–Trinajstić information content (AvgIpc) is 2.34. The van der Waals surface area contributed by atoms with Crippen molar-refractivity contribution in [1.29, 1.82) is 0 Å². The molecule has 0 aliphatic heterocycles. The molecule has 72 valence electrons. The second-order valence-electron chi connectivity index (χ2n) is 3.63. The van der Waals surface area contributed by atoms with Gasteiger partial charge in [-0.15, -0.1) is 0 Å². The van der Waals surface area contributed by atoms with Crippen LogP contribution in [0.1, 0.15) is 11.4 Å². The van der Waals surface area contributed by atoms with E-state index in [4.69, 9.17) is 12.2 Å². The highest BCUT2D eigenvalue weighted by Crippen LogP contribution is 2.23. The van der Waals surface area contributed by atoms with Crippen LogP contribution >= 0.6 is 12.2 Å². The lowest BCUT2D eigenvalue weighted by molar-refractivity contribution is 0.851. The molecule has 0 aliphatic rings. The maximum Gasteiger partial charge on any atom is 0.0377 e. The van der Waals surface area contributed by atoms with Crippen LogP contribution in [0.2, 0.25) is 0 Å². The lowest BCUT2D eigenvalue weighted by Gasteiger charge is -1.97. The Morgan fingerprint density at radius 2 is 1.36 bits per heavy atom. The fourth-order valence-electron chi connectivity index (χ4n) is 1.81. The number of fused-ring (bicyclic) bond motifs is 1. The Kier molecular flexibility index (Phi) is 2.16. The fraction of sp³-hybridized carbons (Fsp3) is 0.250. The topological polar surface area (TPSA) is 4.93 Å². The van der Waals surface area contributed by atoms with Crippen LogP contribution < -0.4 is 0 Å². The molecule has 1 aromatic carbocycles. The van der Waals surface area contributed by atoms with Gasteiger partial charge in [0.05, 0.1) is 0 Å². The van der Waals surface area contributed by atoms with Crippen molar-refractivity contribution in [2.45, 2.75) is 13.8 Å². The summed E-state index contributed by atoms with van der Waals surface area (Å²) in [5.74, 6) is 0. The highest BCUT2D eigenvalue weighted by atomic mass is 32.1. The van der Waals surface area contributed by atoms with Gasteiger partial charge in [-0.2, -0.15) is 0 Å². The smallest absolute Gasteiger partial charge is 0.0377 e. The van der Waals surface area contributed by atoms with Crippen molar-refractivity contribution in [3.8, 4) is 0 Å². The molecule has 1 aromatic heterocycles. The molecule has 0 saturated carbocycles. The third-order valence-electron chi connectivity index (χ3n) is 2.90. The maximum atomic E-state index is 5.14. The molecule has 0 aliphatic carbocycles. The fourth-order valence-corrected chi connectivity index (χ4v) is 1.95. The van der Waals surface area contributed by atoms with Gasteiger partial charge in [0, 0.05) is 33.7 Å². The molecule has 14 heavy (non-hydrogen) atoms. The molecular formula is C12H13NS. The number of hydrogen-bond acceptors (Lipinski definition) is 1. The van der Waals surface area contributed by atoms with E-state index in [1.165, 1.54) is 22.2 Å². The molecule has 2 rings (SSSR count). The van der Waals surface area contributed by atoms with E-state index in [0.29, 0.717) is 0 Å². The first-order chi connectivity index (χ1) is 6.61. The van der Waals surface area contributed by atoms with Gasteiger partial charge in [0.15, 0.2) is 0 Å². The number of aromatic nitrogens is 1. The quantitative estimate of drug-likeness (QED) is 0.593. The van der Waals surface area contributed by atoms with Crippen LogP contribution in [0, 0.1) is 18.4 Å². The molecule has 0 atom stereocenters. The van der Waals surface area contributed by atoms with Crippen molar-refractivity contribution >= 4 is 23.0 Å². The number of nitrogens with zero attached hydrogens (tertiary/aromatic N) is 1. The predicted molar refractivity (Wildman–Crippen MR) is 63.2 cm³/mol. The van der Waals surface area contributed by atoms with Crippen LogP contribution in [0.4, 0.5) is 0 Å². The van der Waals surface area contributed by atoms with Crippen LogP contribution in [0.3, 0.4) is 0 Å². The molecule has 2 heteroatoms. The lowest BCUT2D eigenvalue weighted by atomic mass is 10.2. The van der Waals surface area contributed by atoms with E-state index in [9.17, 15) is 0 Å². The van der Waals surface area contributed by atoms with Crippen molar-refractivity contribution in [2.75, 3.05) is 0 Å². The first-order valence-corrected chi connectivity index (χ1v) is 5.08. The van der Waals surface area contributed by atoms with Crippen LogP contribution in [0.5, 0.6) is 0 Å². The average molecular weight is 203 g/mol. The van der Waals surface area contributed by atoms with Gasteiger partial charge in [-0.1, -0.05) is 24.4 Å². The summed E-state index contributed by atoms with van der Waals surface area (Å²) in [7, 11) is 2.10. The molecule has 0 spiro atoms. The van der Waals surface area contributed by atoms with Gasteiger partial charge in [0.1, 0.15) is 0 Å². The summed E-state index contributed by atoms with van der Waals surface area (Å²) in [6.45, 7) is 4.27. The predicted octanol–water partition coefficient (Wildman–Crippen LogP) is 3.52. The first kappa shape index (κ1) is 9.41. The summed E-state index contributed by atoms with van der Waals surface area (Å²) >= 11 is 5.14. The normalized spacial score (nSPS) is 10.8. The SMILES string of the molecule is Cc1c2ccc(=S)ccc2c(C)n1C. The van der Waals surface area contributed by atoms with E-state index >= 15 is 0 Å². The van der Waals surface area contributed by atoms with Crippen molar-refractivity contribution in [1.82, 2.24) is 4.57 Å². The Morgan fingerprint density at radius 3 is 1.79 bits per heavy atom. The Hall–Kier alpha value is -1.15. The second-order valence-corrected chi connectivity index (χ2v) is 4.10. The molecule has 1 heterocycles. The van der Waals surface area contributed by atoms with E-state index < -0.39 is 0 Å². The summed E-state index contributed by atoms with van der Waals surface area (Å²) in [5, 5.41) is 2.59. The molecular weight excluding hydrogens is 190 g/mol. The summed E-state index contributed by atoms with van der Waals surface area (Å²) < 4.78 is 3.11. The van der Waals surface area contributed by atoms with E-state index in [-0.39, 0.29) is 0 Å². The van der Waals surface area contributed by atoms with Gasteiger partial charge in [-0.25, -0.2) is 0 Å². The van der Waals surface area contributed by atoms with Crippen LogP contribution in [-0.2, 0) is 7.05 Å². The minimum absolute atomic E-state index is 0.891. The second kappa shape index (κ2) is 3.21. The highest BCUT2D eigenvalue weighted by Gasteiger charge is 2.05. The van der Waals surface area contributed by atoms with Crippen molar-refractivity contribution in [3.05, 3.63) is 40.2 Å². The van der Waals surface area contributed by atoms with Crippen molar-refractivity contribution < 1.29 is 0 Å². The zero-order chi connectivity index (χ0) is 10.3. The minimum Gasteiger partial charge on any atom is -0.351 e. The molecule has 0 N–H and O–H groups in total. The third-order valence-corrected chi connectivity index (χ3v) is 3.18. The van der Waals surface area contributed by atoms with Gasteiger partial charge in [0.2, 0.25) is 0 Å². The summed E-state index contributed by atoms with van der Waals surface area (Å²) in [5.41, 5.74) is 2.59. The zero-order valence-corrected chi connectivity index (χ0v) is 9.48. The van der Waals surface area contributed by atoms with Crippen LogP contribution in [-0.4, -0.2) is 4.57 Å². The monoisotopic (exact) mass is 203 g/mol. The number of aryl methyl sites for hydroxylation is 2. The summed E-state index contributed by atoms with van der Waals surface area (Å²) in [6, 6.07) is 8.20. The lowest BCUT2D eigenvalue weighted by Crippen LogP contribution is -1.92. The van der Waals surface area contributed by atoms with E-state index in [0.717, 1.165) is 4.51 Å². The minimum atomic E-state index is 0.891. The van der Waals surface area contributed by atoms with Gasteiger partial charge < -0.3 is 4.57 Å². The van der Waals surface area contributed by atoms with E-state index in [2.05, 4.69) is 37.6 Å². The number of rotatable bonds is 0. The van der Waals surface area contributed by atoms with Gasteiger partial charge in [-0.3, -0.25) is 0 Å². The molecule has 0 unspecified atom stereocenters. The Morgan fingerprint density at radius 1 is 0.929 bits per heavy atom. The molecule has 0 saturated heterocycles. The molecule has 0 amide bonds. The van der Waals surface area contributed by atoms with Gasteiger partial charge in [-0.05, 0) is 26.0 Å². The van der Waals surface area contributed by atoms with Crippen molar-refractivity contribution in [3.63, 3.8) is 0 Å². The van der Waals surface area contributed by atoms with Crippen LogP contribution in [0.15, 0.2) is 24.3 Å².